The van der Waals surface area contributed by atoms with Gasteiger partial charge in [-0.1, -0.05) is 23.2 Å². The number of fused-ring (bicyclic) bond motifs is 1. The smallest absolute Gasteiger partial charge is 0.205 e. The molecule has 0 aliphatic rings. The largest absolute Gasteiger partial charge is 0.370 e. The van der Waals surface area contributed by atoms with Gasteiger partial charge in [0.05, 0.1) is 21.9 Å². The Bertz CT molecular complexity index is 874. The van der Waals surface area contributed by atoms with E-state index in [1.165, 1.54) is 6.07 Å². The van der Waals surface area contributed by atoms with Crippen LogP contribution in [0.5, 0.6) is 0 Å². The van der Waals surface area contributed by atoms with Crippen molar-refractivity contribution < 1.29 is 4.39 Å². The molecule has 0 unspecified atom stereocenters. The van der Waals surface area contributed by atoms with Gasteiger partial charge in [0, 0.05) is 18.1 Å². The summed E-state index contributed by atoms with van der Waals surface area (Å²) in [6.45, 7) is 5.76. The third-order valence-electron chi connectivity index (χ3n) is 3.86. The Morgan fingerprint density at radius 2 is 1.92 bits per heavy atom. The molecule has 0 aliphatic heterocycles. The van der Waals surface area contributed by atoms with Gasteiger partial charge >= 0.3 is 0 Å². The summed E-state index contributed by atoms with van der Waals surface area (Å²) < 4.78 is 14.1. The topological polar surface area (TPSA) is 44.0 Å². The zero-order valence-electron chi connectivity index (χ0n) is 13.3. The van der Waals surface area contributed by atoms with Gasteiger partial charge in [-0.2, -0.15) is 0 Å². The molecule has 2 N–H and O–H groups in total. The van der Waals surface area contributed by atoms with Crippen LogP contribution in [-0.2, 0) is 0 Å². The predicted molar refractivity (Wildman–Crippen MR) is 99.4 cm³/mol. The summed E-state index contributed by atoms with van der Waals surface area (Å²) in [4.78, 5) is 9.61. The number of aromatic amines is 1. The molecule has 4 nitrogen and oxygen atoms in total. The van der Waals surface area contributed by atoms with E-state index in [4.69, 9.17) is 23.2 Å². The van der Waals surface area contributed by atoms with Crippen molar-refractivity contribution in [1.29, 1.82) is 0 Å². The second-order valence-electron chi connectivity index (χ2n) is 5.30. The lowest BCUT2D eigenvalue weighted by Gasteiger charge is -2.21. The number of imidazole rings is 1. The first kappa shape index (κ1) is 16.9. The maximum atomic E-state index is 14.1. The van der Waals surface area contributed by atoms with Gasteiger partial charge in [-0.25, -0.2) is 9.37 Å². The SMILES string of the molecule is CCN(CC)c1ccc(F)c2nc(Nc3ccc(Cl)cc3Cl)[nH]c12. The zero-order chi connectivity index (χ0) is 17.3. The number of hydrogen-bond acceptors (Lipinski definition) is 3. The minimum absolute atomic E-state index is 0.298. The van der Waals surface area contributed by atoms with Crippen LogP contribution < -0.4 is 10.2 Å². The van der Waals surface area contributed by atoms with Crippen LogP contribution in [-0.4, -0.2) is 23.1 Å². The van der Waals surface area contributed by atoms with Crippen molar-refractivity contribution in [3.05, 3.63) is 46.2 Å². The van der Waals surface area contributed by atoms with Crippen molar-refractivity contribution in [3.63, 3.8) is 0 Å². The Morgan fingerprint density at radius 1 is 1.17 bits per heavy atom. The molecule has 2 aromatic carbocycles. The molecule has 0 amide bonds. The van der Waals surface area contributed by atoms with Crippen LogP contribution in [0, 0.1) is 5.82 Å². The van der Waals surface area contributed by atoms with Gasteiger partial charge in [-0.15, -0.1) is 0 Å². The van der Waals surface area contributed by atoms with Crippen LogP contribution in [0.25, 0.3) is 11.0 Å². The zero-order valence-corrected chi connectivity index (χ0v) is 14.8. The fourth-order valence-electron chi connectivity index (χ4n) is 2.65. The van der Waals surface area contributed by atoms with Crippen LogP contribution in [0.2, 0.25) is 10.0 Å². The molecule has 3 aromatic rings. The first-order chi connectivity index (χ1) is 11.5. The van der Waals surface area contributed by atoms with Gasteiger partial charge in [-0.05, 0) is 44.2 Å². The summed E-state index contributed by atoms with van der Waals surface area (Å²) in [6, 6.07) is 8.31. The number of rotatable bonds is 5. The lowest BCUT2D eigenvalue weighted by atomic mass is 10.2. The maximum Gasteiger partial charge on any atom is 0.205 e. The van der Waals surface area contributed by atoms with Crippen molar-refractivity contribution in [2.24, 2.45) is 0 Å². The number of nitrogens with one attached hydrogen (secondary N) is 2. The van der Waals surface area contributed by atoms with Gasteiger partial charge in [-0.3, -0.25) is 0 Å². The molecule has 0 bridgehead atoms. The van der Waals surface area contributed by atoms with Crippen LogP contribution in [0.1, 0.15) is 13.8 Å². The van der Waals surface area contributed by atoms with Gasteiger partial charge in [0.1, 0.15) is 5.52 Å². The van der Waals surface area contributed by atoms with E-state index in [1.54, 1.807) is 24.3 Å². The van der Waals surface area contributed by atoms with Crippen LogP contribution in [0.15, 0.2) is 30.3 Å². The Labute approximate surface area is 149 Å². The van der Waals surface area contributed by atoms with E-state index in [1.807, 2.05) is 0 Å². The summed E-state index contributed by atoms with van der Waals surface area (Å²) in [5.41, 5.74) is 2.52. The van der Waals surface area contributed by atoms with E-state index in [0.717, 1.165) is 18.8 Å². The van der Waals surface area contributed by atoms with Crippen molar-refractivity contribution in [2.75, 3.05) is 23.3 Å². The highest BCUT2D eigenvalue weighted by Gasteiger charge is 2.15. The molecule has 0 fully saturated rings. The van der Waals surface area contributed by atoms with Crippen molar-refractivity contribution in [1.82, 2.24) is 9.97 Å². The lowest BCUT2D eigenvalue weighted by Crippen LogP contribution is -2.22. The number of nitrogens with zero attached hydrogens (tertiary/aromatic N) is 2. The Balaban J connectivity index is 2.04. The van der Waals surface area contributed by atoms with Crippen molar-refractivity contribution in [2.45, 2.75) is 13.8 Å². The van der Waals surface area contributed by atoms with Crippen molar-refractivity contribution >= 4 is 51.6 Å². The fourth-order valence-corrected chi connectivity index (χ4v) is 3.11. The van der Waals surface area contributed by atoms with Gasteiger partial charge < -0.3 is 15.2 Å². The Morgan fingerprint density at radius 3 is 2.58 bits per heavy atom. The molecule has 3 rings (SSSR count). The number of benzene rings is 2. The summed E-state index contributed by atoms with van der Waals surface area (Å²) in [6.07, 6.45) is 0. The van der Waals surface area contributed by atoms with E-state index < -0.39 is 0 Å². The van der Waals surface area contributed by atoms with Crippen molar-refractivity contribution in [3.8, 4) is 0 Å². The summed E-state index contributed by atoms with van der Waals surface area (Å²) in [5, 5.41) is 4.09. The quantitative estimate of drug-likeness (QED) is 0.617. The molecular formula is C17H17Cl2FN4. The fraction of sp³-hybridized carbons (Fsp3) is 0.235. The first-order valence-corrected chi connectivity index (χ1v) is 8.44. The van der Waals surface area contributed by atoms with Crippen LogP contribution in [0.4, 0.5) is 21.7 Å². The molecule has 0 atom stereocenters. The van der Waals surface area contributed by atoms with Gasteiger partial charge in [0.2, 0.25) is 5.95 Å². The molecule has 7 heteroatoms. The lowest BCUT2D eigenvalue weighted by molar-refractivity contribution is 0.637. The minimum atomic E-state index is -0.368. The maximum absolute atomic E-state index is 14.1. The molecule has 24 heavy (non-hydrogen) atoms. The standard InChI is InChI=1S/C17H17Cl2FN4/c1-3-24(4-2)14-8-6-12(20)15-16(14)23-17(22-15)21-13-7-5-10(18)9-11(13)19/h5-9H,3-4H2,1-2H3,(H2,21,22,23). The normalized spacial score (nSPS) is 11.0. The van der Waals surface area contributed by atoms with Gasteiger partial charge in [0.25, 0.3) is 0 Å². The van der Waals surface area contributed by atoms with Crippen LogP contribution in [0.3, 0.4) is 0 Å². The monoisotopic (exact) mass is 366 g/mol. The second-order valence-corrected chi connectivity index (χ2v) is 6.14. The molecule has 0 saturated heterocycles. The molecular weight excluding hydrogens is 350 g/mol. The Kier molecular flexibility index (Phi) is 4.83. The summed E-state index contributed by atoms with van der Waals surface area (Å²) in [5.74, 6) is 0.0557. The third kappa shape index (κ3) is 3.14. The highest BCUT2D eigenvalue weighted by atomic mass is 35.5. The molecule has 0 aliphatic carbocycles. The number of aromatic nitrogens is 2. The molecule has 1 heterocycles. The van der Waals surface area contributed by atoms with E-state index in [-0.39, 0.29) is 5.82 Å². The van der Waals surface area contributed by atoms with E-state index in [9.17, 15) is 4.39 Å². The Hall–Kier alpha value is -1.98. The molecule has 1 aromatic heterocycles. The average molecular weight is 367 g/mol. The average Bonchev–Trinajstić information content (AvgIpc) is 2.98. The second kappa shape index (κ2) is 6.87. The number of halogens is 3. The molecule has 126 valence electrons. The molecule has 0 saturated carbocycles. The summed E-state index contributed by atoms with van der Waals surface area (Å²) in [7, 11) is 0. The number of hydrogen-bond donors (Lipinski definition) is 2. The minimum Gasteiger partial charge on any atom is -0.370 e. The number of H-pyrrole nitrogens is 1. The van der Waals surface area contributed by atoms with E-state index >= 15 is 0 Å². The number of anilines is 3. The highest BCUT2D eigenvalue weighted by molar-refractivity contribution is 6.36. The van der Waals surface area contributed by atoms with Crippen LogP contribution >= 0.6 is 23.2 Å². The third-order valence-corrected chi connectivity index (χ3v) is 4.41. The first-order valence-electron chi connectivity index (χ1n) is 7.68. The van der Waals surface area contributed by atoms with E-state index in [2.05, 4.69) is 34.0 Å². The molecule has 0 spiro atoms. The molecule has 0 radical (unpaired) electrons. The summed E-state index contributed by atoms with van der Waals surface area (Å²) >= 11 is 12.1. The van der Waals surface area contributed by atoms with E-state index in [0.29, 0.717) is 32.7 Å². The van der Waals surface area contributed by atoms with Gasteiger partial charge in [0.15, 0.2) is 5.82 Å². The predicted octanol–water partition coefficient (Wildman–Crippen LogP) is 5.60. The highest BCUT2D eigenvalue weighted by Crippen LogP contribution is 2.31.